The first-order valence-electron chi connectivity index (χ1n) is 7.25. The van der Waals surface area contributed by atoms with Gasteiger partial charge in [-0.05, 0) is 24.5 Å². The van der Waals surface area contributed by atoms with Crippen molar-refractivity contribution in [3.8, 4) is 0 Å². The van der Waals surface area contributed by atoms with E-state index in [9.17, 15) is 18.0 Å². The highest BCUT2D eigenvalue weighted by atomic mass is 19.4. The Labute approximate surface area is 122 Å². The largest absolute Gasteiger partial charge is 0.416 e. The van der Waals surface area contributed by atoms with Crippen LogP contribution in [0.5, 0.6) is 0 Å². The van der Waals surface area contributed by atoms with E-state index in [4.69, 9.17) is 5.73 Å². The maximum absolute atomic E-state index is 12.6. The second-order valence-electron chi connectivity index (χ2n) is 6.01. The van der Waals surface area contributed by atoms with Gasteiger partial charge in [0.15, 0.2) is 0 Å². The van der Waals surface area contributed by atoms with Crippen LogP contribution in [0.25, 0.3) is 0 Å². The van der Waals surface area contributed by atoms with Crippen LogP contribution in [0.1, 0.15) is 49.7 Å². The van der Waals surface area contributed by atoms with Crippen molar-refractivity contribution in [1.82, 2.24) is 0 Å². The zero-order chi connectivity index (χ0) is 15.5. The number of ketones is 1. The Morgan fingerprint density at radius 2 is 1.86 bits per heavy atom. The molecule has 1 saturated carbocycles. The standard InChI is InChI=1S/C16H20F3NO/c17-16(18,19)13-6-4-5-12(9-13)10-14(21)11-15(20)7-2-1-3-8-15/h4-6,9H,1-3,7-8,10-11,20H2. The molecule has 0 unspecified atom stereocenters. The lowest BCUT2D eigenvalue weighted by atomic mass is 9.78. The van der Waals surface area contributed by atoms with Crippen LogP contribution < -0.4 is 5.73 Å². The van der Waals surface area contributed by atoms with Gasteiger partial charge in [0.25, 0.3) is 0 Å². The number of carbonyl (C=O) groups is 1. The third kappa shape index (κ3) is 4.56. The minimum Gasteiger partial charge on any atom is -0.325 e. The van der Waals surface area contributed by atoms with Crippen LogP contribution in [0.4, 0.5) is 13.2 Å². The molecular formula is C16H20F3NO. The van der Waals surface area contributed by atoms with Crippen molar-refractivity contribution < 1.29 is 18.0 Å². The van der Waals surface area contributed by atoms with E-state index in [1.54, 1.807) is 6.07 Å². The van der Waals surface area contributed by atoms with Gasteiger partial charge in [-0.25, -0.2) is 0 Å². The van der Waals surface area contributed by atoms with Gasteiger partial charge >= 0.3 is 6.18 Å². The van der Waals surface area contributed by atoms with Crippen LogP contribution in [0.2, 0.25) is 0 Å². The lowest BCUT2D eigenvalue weighted by molar-refractivity contribution is -0.137. The quantitative estimate of drug-likeness (QED) is 0.917. The Kier molecular flexibility index (Phi) is 4.71. The van der Waals surface area contributed by atoms with Gasteiger partial charge in [0.05, 0.1) is 5.56 Å². The summed E-state index contributed by atoms with van der Waals surface area (Å²) >= 11 is 0. The normalized spacial score (nSPS) is 18.5. The number of alkyl halides is 3. The summed E-state index contributed by atoms with van der Waals surface area (Å²) in [5.41, 5.74) is 5.43. The maximum Gasteiger partial charge on any atom is 0.416 e. The number of nitrogens with two attached hydrogens (primary N) is 1. The highest BCUT2D eigenvalue weighted by Gasteiger charge is 2.32. The zero-order valence-corrected chi connectivity index (χ0v) is 11.9. The summed E-state index contributed by atoms with van der Waals surface area (Å²) in [5.74, 6) is -0.0845. The van der Waals surface area contributed by atoms with Crippen molar-refractivity contribution in [2.45, 2.75) is 56.7 Å². The third-order valence-corrected chi connectivity index (χ3v) is 4.05. The molecule has 0 spiro atoms. The molecule has 0 heterocycles. The molecule has 1 aromatic carbocycles. The molecule has 2 nitrogen and oxygen atoms in total. The molecule has 0 saturated heterocycles. The molecule has 5 heteroatoms. The van der Waals surface area contributed by atoms with E-state index < -0.39 is 17.3 Å². The molecule has 21 heavy (non-hydrogen) atoms. The number of carbonyl (C=O) groups excluding carboxylic acids is 1. The molecule has 1 aliphatic rings. The average Bonchev–Trinajstić information content (AvgIpc) is 2.38. The van der Waals surface area contributed by atoms with Gasteiger partial charge in [-0.1, -0.05) is 37.5 Å². The fourth-order valence-corrected chi connectivity index (χ4v) is 2.97. The molecule has 116 valence electrons. The van der Waals surface area contributed by atoms with Crippen molar-refractivity contribution in [3.05, 3.63) is 35.4 Å². The van der Waals surface area contributed by atoms with E-state index in [0.29, 0.717) is 5.56 Å². The first kappa shape index (κ1) is 16.0. The maximum atomic E-state index is 12.6. The van der Waals surface area contributed by atoms with Gasteiger partial charge in [0, 0.05) is 18.4 Å². The molecule has 1 aromatic rings. The van der Waals surface area contributed by atoms with Gasteiger partial charge < -0.3 is 5.73 Å². The van der Waals surface area contributed by atoms with E-state index in [1.165, 1.54) is 6.07 Å². The lowest BCUT2D eigenvalue weighted by Gasteiger charge is -2.32. The molecule has 1 fully saturated rings. The predicted molar refractivity (Wildman–Crippen MR) is 74.8 cm³/mol. The number of Topliss-reactive ketones (excluding diaryl/α,β-unsaturated/α-hetero) is 1. The number of rotatable bonds is 4. The summed E-state index contributed by atoms with van der Waals surface area (Å²) in [6, 6.07) is 4.95. The summed E-state index contributed by atoms with van der Waals surface area (Å²) in [4.78, 5) is 12.1. The molecule has 0 atom stereocenters. The van der Waals surface area contributed by atoms with E-state index in [1.807, 2.05) is 0 Å². The Morgan fingerprint density at radius 1 is 1.19 bits per heavy atom. The number of hydrogen-bond acceptors (Lipinski definition) is 2. The molecule has 0 bridgehead atoms. The molecular weight excluding hydrogens is 279 g/mol. The Morgan fingerprint density at radius 3 is 2.48 bits per heavy atom. The first-order chi connectivity index (χ1) is 9.78. The molecule has 0 aromatic heterocycles. The van der Waals surface area contributed by atoms with Crippen LogP contribution in [0, 0.1) is 0 Å². The zero-order valence-electron chi connectivity index (χ0n) is 11.9. The van der Waals surface area contributed by atoms with Gasteiger partial charge in [-0.15, -0.1) is 0 Å². The van der Waals surface area contributed by atoms with Gasteiger partial charge in [-0.3, -0.25) is 4.79 Å². The predicted octanol–water partition coefficient (Wildman–Crippen LogP) is 3.87. The van der Waals surface area contributed by atoms with E-state index in [0.717, 1.165) is 44.2 Å². The van der Waals surface area contributed by atoms with Crippen LogP contribution in [0.15, 0.2) is 24.3 Å². The van der Waals surface area contributed by atoms with Crippen molar-refractivity contribution in [2.24, 2.45) is 5.73 Å². The monoisotopic (exact) mass is 299 g/mol. The summed E-state index contributed by atoms with van der Waals surface area (Å²) in [6.07, 6.45) is 0.716. The van der Waals surface area contributed by atoms with E-state index in [-0.39, 0.29) is 18.6 Å². The Bertz CT molecular complexity index is 504. The molecule has 0 amide bonds. The molecule has 0 radical (unpaired) electrons. The van der Waals surface area contributed by atoms with Gasteiger partial charge in [-0.2, -0.15) is 13.2 Å². The fourth-order valence-electron chi connectivity index (χ4n) is 2.97. The van der Waals surface area contributed by atoms with Crippen molar-refractivity contribution in [3.63, 3.8) is 0 Å². The third-order valence-electron chi connectivity index (χ3n) is 4.05. The Balaban J connectivity index is 1.99. The molecule has 1 aliphatic carbocycles. The average molecular weight is 299 g/mol. The topological polar surface area (TPSA) is 43.1 Å². The van der Waals surface area contributed by atoms with Crippen LogP contribution >= 0.6 is 0 Å². The molecule has 2 N–H and O–H groups in total. The summed E-state index contributed by atoms with van der Waals surface area (Å²) in [6.45, 7) is 0. The van der Waals surface area contributed by atoms with Gasteiger partial charge in [0.2, 0.25) is 0 Å². The number of benzene rings is 1. The van der Waals surface area contributed by atoms with Crippen molar-refractivity contribution in [2.75, 3.05) is 0 Å². The SMILES string of the molecule is NC1(CC(=O)Cc2cccc(C(F)(F)F)c2)CCCCC1. The smallest absolute Gasteiger partial charge is 0.325 e. The summed E-state index contributed by atoms with van der Waals surface area (Å²) in [7, 11) is 0. The second kappa shape index (κ2) is 6.18. The summed E-state index contributed by atoms with van der Waals surface area (Å²) in [5, 5.41) is 0. The van der Waals surface area contributed by atoms with E-state index >= 15 is 0 Å². The van der Waals surface area contributed by atoms with Crippen LogP contribution in [-0.4, -0.2) is 11.3 Å². The van der Waals surface area contributed by atoms with Crippen LogP contribution in [0.3, 0.4) is 0 Å². The molecule has 2 rings (SSSR count). The minimum atomic E-state index is -4.38. The Hall–Kier alpha value is -1.36. The second-order valence-corrected chi connectivity index (χ2v) is 6.01. The van der Waals surface area contributed by atoms with E-state index in [2.05, 4.69) is 0 Å². The van der Waals surface area contributed by atoms with Crippen molar-refractivity contribution in [1.29, 1.82) is 0 Å². The highest BCUT2D eigenvalue weighted by Crippen LogP contribution is 2.31. The first-order valence-corrected chi connectivity index (χ1v) is 7.25. The lowest BCUT2D eigenvalue weighted by Crippen LogP contribution is -2.43. The number of halogens is 3. The van der Waals surface area contributed by atoms with Crippen molar-refractivity contribution >= 4 is 5.78 Å². The number of hydrogen-bond donors (Lipinski definition) is 1. The van der Waals surface area contributed by atoms with Gasteiger partial charge in [0.1, 0.15) is 5.78 Å². The minimum absolute atomic E-state index is 0.0167. The fraction of sp³-hybridized carbons (Fsp3) is 0.562. The molecule has 0 aliphatic heterocycles. The highest BCUT2D eigenvalue weighted by molar-refractivity contribution is 5.82. The summed E-state index contributed by atoms with van der Waals surface area (Å²) < 4.78 is 37.9. The van der Waals surface area contributed by atoms with Crippen LogP contribution in [-0.2, 0) is 17.4 Å².